The highest BCUT2D eigenvalue weighted by molar-refractivity contribution is 5.99. The summed E-state index contributed by atoms with van der Waals surface area (Å²) in [6.45, 7) is 8.39. The smallest absolute Gasteiger partial charge is 0.330 e. The summed E-state index contributed by atoms with van der Waals surface area (Å²) in [5.74, 6) is 0.531. The van der Waals surface area contributed by atoms with Gasteiger partial charge >= 0.3 is 5.69 Å². The molecule has 0 spiro atoms. The summed E-state index contributed by atoms with van der Waals surface area (Å²) >= 11 is 0. The largest absolute Gasteiger partial charge is 0.480 e. The number of nitrogens with zero attached hydrogens (tertiary/aromatic N) is 2. The standard InChI is InChI=1S/C21H28N4O4/c1-12(2)10-24(20(27)16-9-14-7-5-6-8-15(14)29-16)17-18(22)25(11-13(3)4)21(28)23-19(17)26/h5-8,12-13,16H,9-11,22H2,1-4H3,(H,23,26,28). The van der Waals surface area contributed by atoms with Gasteiger partial charge in [0.1, 0.15) is 11.6 Å². The van der Waals surface area contributed by atoms with Crippen molar-refractivity contribution in [2.24, 2.45) is 11.8 Å². The summed E-state index contributed by atoms with van der Waals surface area (Å²) in [6.07, 6.45) is -0.317. The van der Waals surface area contributed by atoms with Crippen LogP contribution in [0.3, 0.4) is 0 Å². The highest BCUT2D eigenvalue weighted by Gasteiger charge is 2.35. The molecule has 156 valence electrons. The molecule has 1 aromatic heterocycles. The quantitative estimate of drug-likeness (QED) is 0.768. The number of carbonyl (C=O) groups is 1. The molecule has 3 N–H and O–H groups in total. The van der Waals surface area contributed by atoms with Gasteiger partial charge in [-0.2, -0.15) is 0 Å². The summed E-state index contributed by atoms with van der Waals surface area (Å²) in [5.41, 5.74) is 5.94. The summed E-state index contributed by atoms with van der Waals surface area (Å²) in [6, 6.07) is 7.48. The van der Waals surface area contributed by atoms with Crippen LogP contribution in [0.5, 0.6) is 5.75 Å². The molecule has 8 nitrogen and oxygen atoms in total. The minimum Gasteiger partial charge on any atom is -0.480 e. The zero-order chi connectivity index (χ0) is 21.3. The average Bonchev–Trinajstić information content (AvgIpc) is 3.07. The molecule has 0 saturated carbocycles. The molecule has 0 bridgehead atoms. The normalized spacial score (nSPS) is 15.4. The highest BCUT2D eigenvalue weighted by atomic mass is 16.5. The van der Waals surface area contributed by atoms with Gasteiger partial charge in [0.2, 0.25) is 0 Å². The van der Waals surface area contributed by atoms with Crippen LogP contribution in [0.2, 0.25) is 0 Å². The maximum atomic E-state index is 13.4. The van der Waals surface area contributed by atoms with Gasteiger partial charge in [-0.3, -0.25) is 19.1 Å². The van der Waals surface area contributed by atoms with E-state index in [1.807, 2.05) is 52.0 Å². The fourth-order valence-electron chi connectivity index (χ4n) is 3.53. The van der Waals surface area contributed by atoms with E-state index in [-0.39, 0.29) is 35.8 Å². The number of aromatic nitrogens is 2. The first-order chi connectivity index (χ1) is 13.7. The number of nitrogen functional groups attached to an aromatic ring is 1. The first-order valence-electron chi connectivity index (χ1n) is 9.87. The lowest BCUT2D eigenvalue weighted by Crippen LogP contribution is -2.47. The maximum absolute atomic E-state index is 13.4. The lowest BCUT2D eigenvalue weighted by Gasteiger charge is -2.28. The monoisotopic (exact) mass is 400 g/mol. The number of amides is 1. The van der Waals surface area contributed by atoms with Crippen molar-refractivity contribution in [3.8, 4) is 5.75 Å². The van der Waals surface area contributed by atoms with Gasteiger partial charge in [0, 0.05) is 19.5 Å². The van der Waals surface area contributed by atoms with Crippen molar-refractivity contribution in [1.82, 2.24) is 9.55 Å². The fraction of sp³-hybridized carbons (Fsp3) is 0.476. The van der Waals surface area contributed by atoms with E-state index in [2.05, 4.69) is 4.98 Å². The van der Waals surface area contributed by atoms with Gasteiger partial charge in [-0.15, -0.1) is 0 Å². The molecule has 2 heterocycles. The van der Waals surface area contributed by atoms with Crippen LogP contribution in [0, 0.1) is 11.8 Å². The first-order valence-corrected chi connectivity index (χ1v) is 9.87. The summed E-state index contributed by atoms with van der Waals surface area (Å²) in [5, 5.41) is 0. The van der Waals surface area contributed by atoms with E-state index in [0.717, 1.165) is 5.56 Å². The van der Waals surface area contributed by atoms with Crippen molar-refractivity contribution >= 4 is 17.4 Å². The second-order valence-electron chi connectivity index (χ2n) is 8.26. The maximum Gasteiger partial charge on any atom is 0.330 e. The second kappa shape index (κ2) is 8.14. The molecule has 0 radical (unpaired) electrons. The van der Waals surface area contributed by atoms with Gasteiger partial charge in [0.25, 0.3) is 11.5 Å². The third kappa shape index (κ3) is 4.21. The van der Waals surface area contributed by atoms with E-state index in [1.54, 1.807) is 0 Å². The number of H-pyrrole nitrogens is 1. The van der Waals surface area contributed by atoms with Gasteiger partial charge < -0.3 is 15.4 Å². The van der Waals surface area contributed by atoms with Gasteiger partial charge in [-0.1, -0.05) is 45.9 Å². The van der Waals surface area contributed by atoms with Crippen LogP contribution >= 0.6 is 0 Å². The van der Waals surface area contributed by atoms with Crippen molar-refractivity contribution in [3.05, 3.63) is 50.7 Å². The predicted octanol–water partition coefficient (Wildman–Crippen LogP) is 1.77. The second-order valence-corrected chi connectivity index (χ2v) is 8.26. The zero-order valence-corrected chi connectivity index (χ0v) is 17.3. The van der Waals surface area contributed by atoms with Crippen molar-refractivity contribution in [3.63, 3.8) is 0 Å². The Kier molecular flexibility index (Phi) is 5.81. The van der Waals surface area contributed by atoms with E-state index in [1.165, 1.54) is 9.47 Å². The number of aromatic amines is 1. The first kappa shape index (κ1) is 20.7. The highest BCUT2D eigenvalue weighted by Crippen LogP contribution is 2.30. The Morgan fingerprint density at radius 2 is 1.93 bits per heavy atom. The number of anilines is 2. The number of para-hydroxylation sites is 1. The van der Waals surface area contributed by atoms with Crippen molar-refractivity contribution < 1.29 is 9.53 Å². The Bertz CT molecular complexity index is 997. The molecule has 3 rings (SSSR count). The minimum atomic E-state index is -0.740. The Labute approximate surface area is 169 Å². The third-order valence-electron chi connectivity index (χ3n) is 4.77. The van der Waals surface area contributed by atoms with Crippen molar-refractivity contribution in [2.45, 2.75) is 46.8 Å². The molecule has 1 aliphatic rings. The van der Waals surface area contributed by atoms with Crippen molar-refractivity contribution in [1.29, 1.82) is 0 Å². The summed E-state index contributed by atoms with van der Waals surface area (Å²) in [7, 11) is 0. The van der Waals surface area contributed by atoms with E-state index in [4.69, 9.17) is 10.5 Å². The number of benzene rings is 1. The number of carbonyl (C=O) groups excluding carboxylic acids is 1. The molecule has 1 aliphatic heterocycles. The van der Waals surface area contributed by atoms with Crippen LogP contribution in [0.4, 0.5) is 11.5 Å². The predicted molar refractivity (Wildman–Crippen MR) is 112 cm³/mol. The van der Waals surface area contributed by atoms with Crippen LogP contribution in [-0.4, -0.2) is 28.1 Å². The molecule has 29 heavy (non-hydrogen) atoms. The molecule has 0 aliphatic carbocycles. The molecule has 1 aromatic carbocycles. The molecule has 0 saturated heterocycles. The number of nitrogens with one attached hydrogen (secondary N) is 1. The summed E-state index contributed by atoms with van der Waals surface area (Å²) < 4.78 is 7.15. The van der Waals surface area contributed by atoms with Gasteiger partial charge in [0.05, 0.1) is 0 Å². The van der Waals surface area contributed by atoms with Gasteiger partial charge in [-0.25, -0.2) is 4.79 Å². The fourth-order valence-corrected chi connectivity index (χ4v) is 3.53. The van der Waals surface area contributed by atoms with E-state index < -0.39 is 17.4 Å². The molecule has 1 amide bonds. The van der Waals surface area contributed by atoms with Gasteiger partial charge in [0.15, 0.2) is 11.8 Å². The number of fused-ring (bicyclic) bond motifs is 1. The molecule has 1 unspecified atom stereocenters. The summed E-state index contributed by atoms with van der Waals surface area (Å²) in [4.78, 5) is 42.0. The number of nitrogens with two attached hydrogens (primary N) is 1. The number of ether oxygens (including phenoxy) is 1. The molecule has 2 aromatic rings. The molecule has 8 heteroatoms. The average molecular weight is 400 g/mol. The SMILES string of the molecule is CC(C)CN(C(=O)C1Cc2ccccc2O1)c1c(N)n(CC(C)C)c(=O)[nH]c1=O. The van der Waals surface area contributed by atoms with E-state index in [0.29, 0.717) is 18.7 Å². The Balaban J connectivity index is 2.03. The van der Waals surface area contributed by atoms with Crippen LogP contribution in [0.1, 0.15) is 33.3 Å². The number of hydrogen-bond donors (Lipinski definition) is 2. The zero-order valence-electron chi connectivity index (χ0n) is 17.3. The van der Waals surface area contributed by atoms with Crippen LogP contribution in [-0.2, 0) is 17.8 Å². The van der Waals surface area contributed by atoms with Gasteiger partial charge in [-0.05, 0) is 23.5 Å². The lowest BCUT2D eigenvalue weighted by atomic mass is 10.1. The Morgan fingerprint density at radius 1 is 1.24 bits per heavy atom. The topological polar surface area (TPSA) is 110 Å². The van der Waals surface area contributed by atoms with E-state index >= 15 is 0 Å². The molecule has 0 fully saturated rings. The number of hydrogen-bond acceptors (Lipinski definition) is 5. The molecular weight excluding hydrogens is 372 g/mol. The Morgan fingerprint density at radius 3 is 2.55 bits per heavy atom. The van der Waals surface area contributed by atoms with Crippen LogP contribution in [0.15, 0.2) is 33.9 Å². The molecular formula is C21H28N4O4. The van der Waals surface area contributed by atoms with Crippen LogP contribution in [0.25, 0.3) is 0 Å². The Hall–Kier alpha value is -3.03. The third-order valence-corrected chi connectivity index (χ3v) is 4.77. The molecule has 1 atom stereocenters. The minimum absolute atomic E-state index is 0.00281. The number of rotatable bonds is 6. The lowest BCUT2D eigenvalue weighted by molar-refractivity contribution is -0.124. The van der Waals surface area contributed by atoms with Crippen molar-refractivity contribution in [2.75, 3.05) is 17.2 Å². The van der Waals surface area contributed by atoms with E-state index in [9.17, 15) is 14.4 Å². The van der Waals surface area contributed by atoms with Crippen LogP contribution < -0.4 is 26.6 Å².